The summed E-state index contributed by atoms with van der Waals surface area (Å²) in [7, 11) is 2.05. The van der Waals surface area contributed by atoms with Gasteiger partial charge in [-0.25, -0.2) is 4.79 Å². The summed E-state index contributed by atoms with van der Waals surface area (Å²) in [6, 6.07) is 9.37. The maximum Gasteiger partial charge on any atom is 0.343 e. The van der Waals surface area contributed by atoms with E-state index in [1.54, 1.807) is 0 Å². The molecular weight excluding hydrogens is 338 g/mol. The second-order valence-corrected chi connectivity index (χ2v) is 7.40. The van der Waals surface area contributed by atoms with Gasteiger partial charge >= 0.3 is 5.97 Å². The Labute approximate surface area is 157 Å². The van der Waals surface area contributed by atoms with Crippen LogP contribution < -0.4 is 0 Å². The fraction of sp³-hybridized carbons (Fsp3) is 0.650. The first-order valence-corrected chi connectivity index (χ1v) is 9.28. The number of ether oxygens (including phenoxy) is 1. The van der Waals surface area contributed by atoms with Crippen molar-refractivity contribution in [3.8, 4) is 0 Å². The van der Waals surface area contributed by atoms with Gasteiger partial charge in [-0.2, -0.15) is 0 Å². The van der Waals surface area contributed by atoms with Gasteiger partial charge < -0.3 is 14.7 Å². The van der Waals surface area contributed by atoms with Crippen LogP contribution in [0.5, 0.6) is 0 Å². The van der Waals surface area contributed by atoms with Gasteiger partial charge in [0, 0.05) is 12.5 Å². The number of likely N-dealkylation sites (N-methyl/N-ethyl adjacent to an activating group) is 1. The molecule has 5 heteroatoms. The number of benzene rings is 1. The van der Waals surface area contributed by atoms with Crippen molar-refractivity contribution in [3.63, 3.8) is 0 Å². The molecule has 0 aromatic heterocycles. The third kappa shape index (κ3) is 4.55. The van der Waals surface area contributed by atoms with Crippen LogP contribution in [0, 0.1) is 5.92 Å². The van der Waals surface area contributed by atoms with Crippen LogP contribution in [0.15, 0.2) is 30.3 Å². The fourth-order valence-corrected chi connectivity index (χ4v) is 4.19. The number of nitrogens with zero attached hydrogens (tertiary/aromatic N) is 1. The number of esters is 1. The lowest BCUT2D eigenvalue weighted by Gasteiger charge is -2.38. The molecule has 1 N–H and O–H groups in total. The molecule has 2 atom stereocenters. The largest absolute Gasteiger partial charge is 0.459 e. The smallest absolute Gasteiger partial charge is 0.343 e. The molecule has 25 heavy (non-hydrogen) atoms. The molecule has 0 bridgehead atoms. The Bertz CT molecular complexity index is 547. The first kappa shape index (κ1) is 20.2. The Balaban J connectivity index is 0.00000225. The van der Waals surface area contributed by atoms with Gasteiger partial charge in [0.25, 0.3) is 0 Å². The van der Waals surface area contributed by atoms with Gasteiger partial charge in [0.1, 0.15) is 6.10 Å². The van der Waals surface area contributed by atoms with E-state index in [-0.39, 0.29) is 24.4 Å². The van der Waals surface area contributed by atoms with Gasteiger partial charge in [-0.05, 0) is 44.8 Å². The molecule has 2 fully saturated rings. The minimum Gasteiger partial charge on any atom is -0.459 e. The number of rotatable bonds is 4. The van der Waals surface area contributed by atoms with E-state index < -0.39 is 11.6 Å². The molecule has 4 nitrogen and oxygen atoms in total. The van der Waals surface area contributed by atoms with Crippen LogP contribution in [0.3, 0.4) is 0 Å². The molecular formula is C20H30ClNO3. The molecule has 1 aliphatic heterocycles. The number of piperidine rings is 1. The van der Waals surface area contributed by atoms with Crippen molar-refractivity contribution in [1.82, 2.24) is 4.90 Å². The summed E-state index contributed by atoms with van der Waals surface area (Å²) < 4.78 is 5.80. The monoisotopic (exact) mass is 367 g/mol. The second-order valence-electron chi connectivity index (χ2n) is 7.40. The van der Waals surface area contributed by atoms with E-state index in [0.717, 1.165) is 51.6 Å². The zero-order valence-corrected chi connectivity index (χ0v) is 15.8. The van der Waals surface area contributed by atoms with Crippen molar-refractivity contribution in [2.45, 2.75) is 56.7 Å². The van der Waals surface area contributed by atoms with E-state index in [4.69, 9.17) is 4.74 Å². The number of halogens is 1. The van der Waals surface area contributed by atoms with Gasteiger partial charge in [-0.15, -0.1) is 12.4 Å². The third-order valence-corrected chi connectivity index (χ3v) is 5.58. The number of aliphatic hydroxyl groups is 1. The molecule has 3 rings (SSSR count). The lowest BCUT2D eigenvalue weighted by atomic mass is 9.73. The van der Waals surface area contributed by atoms with E-state index in [0.29, 0.717) is 5.56 Å². The predicted octanol–water partition coefficient (Wildman–Crippen LogP) is 3.51. The zero-order chi connectivity index (χ0) is 17.0. The van der Waals surface area contributed by atoms with E-state index in [2.05, 4.69) is 4.90 Å². The summed E-state index contributed by atoms with van der Waals surface area (Å²) in [5, 5.41) is 11.5. The van der Waals surface area contributed by atoms with Crippen LogP contribution in [0.25, 0.3) is 0 Å². The summed E-state index contributed by atoms with van der Waals surface area (Å²) in [6.07, 6.45) is 6.88. The Morgan fingerprint density at radius 2 is 1.80 bits per heavy atom. The van der Waals surface area contributed by atoms with Gasteiger partial charge in [0.05, 0.1) is 0 Å². The summed E-state index contributed by atoms with van der Waals surface area (Å²) in [5.74, 6) is -0.511. The molecule has 1 saturated heterocycles. The quantitative estimate of drug-likeness (QED) is 0.827. The Morgan fingerprint density at radius 3 is 2.44 bits per heavy atom. The third-order valence-electron chi connectivity index (χ3n) is 5.58. The topological polar surface area (TPSA) is 49.8 Å². The highest BCUT2D eigenvalue weighted by Gasteiger charge is 2.47. The second kappa shape index (κ2) is 9.02. The maximum atomic E-state index is 13.0. The molecule has 1 aromatic rings. The van der Waals surface area contributed by atoms with E-state index >= 15 is 0 Å². The van der Waals surface area contributed by atoms with Crippen LogP contribution in [0.1, 0.15) is 50.5 Å². The number of likely N-dealkylation sites (tertiary alicyclic amines) is 1. The van der Waals surface area contributed by atoms with Crippen molar-refractivity contribution in [3.05, 3.63) is 35.9 Å². The lowest BCUT2D eigenvalue weighted by Crippen LogP contribution is -2.48. The first-order valence-electron chi connectivity index (χ1n) is 9.28. The minimum atomic E-state index is -1.52. The summed E-state index contributed by atoms with van der Waals surface area (Å²) >= 11 is 0. The average Bonchev–Trinajstić information content (AvgIpc) is 2.62. The van der Waals surface area contributed by atoms with Crippen LogP contribution in [0.4, 0.5) is 0 Å². The standard InChI is InChI=1S/C20H29NO3.ClH/c1-21-14-8-13-18(15-21)24-19(22)20(23,16-9-4-2-5-10-16)17-11-6-3-7-12-17;/h2,4-5,9-10,17-18,23H,3,6-8,11-15H2,1H3;1H/t18-,20?;/m1./s1. The van der Waals surface area contributed by atoms with Crippen LogP contribution in [-0.2, 0) is 15.1 Å². The molecule has 1 heterocycles. The summed E-state index contributed by atoms with van der Waals surface area (Å²) in [4.78, 5) is 15.2. The van der Waals surface area contributed by atoms with Crippen molar-refractivity contribution in [1.29, 1.82) is 0 Å². The Hall–Kier alpha value is -1.10. The minimum absolute atomic E-state index is 0. The number of carbonyl (C=O) groups excluding carboxylic acids is 1. The highest BCUT2D eigenvalue weighted by molar-refractivity contribution is 5.85. The average molecular weight is 368 g/mol. The highest BCUT2D eigenvalue weighted by atomic mass is 35.5. The number of hydrogen-bond donors (Lipinski definition) is 1. The molecule has 0 amide bonds. The number of hydrogen-bond acceptors (Lipinski definition) is 4. The molecule has 0 radical (unpaired) electrons. The van der Waals surface area contributed by atoms with E-state index in [9.17, 15) is 9.90 Å². The van der Waals surface area contributed by atoms with Crippen molar-refractivity contribution in [2.75, 3.05) is 20.1 Å². The van der Waals surface area contributed by atoms with Gasteiger partial charge in [-0.1, -0.05) is 49.6 Å². The number of carbonyl (C=O) groups is 1. The molecule has 2 aliphatic rings. The molecule has 1 aromatic carbocycles. The van der Waals surface area contributed by atoms with Crippen LogP contribution in [0.2, 0.25) is 0 Å². The molecule has 140 valence electrons. The molecule has 1 saturated carbocycles. The van der Waals surface area contributed by atoms with E-state index in [1.807, 2.05) is 37.4 Å². The zero-order valence-electron chi connectivity index (χ0n) is 15.0. The maximum absolute atomic E-state index is 13.0. The van der Waals surface area contributed by atoms with Crippen LogP contribution >= 0.6 is 12.4 Å². The predicted molar refractivity (Wildman–Crippen MR) is 101 cm³/mol. The lowest BCUT2D eigenvalue weighted by molar-refractivity contribution is -0.183. The SMILES string of the molecule is CN1CCC[C@@H](OC(=O)C(O)(c2ccccc2)C2CCCCC2)C1.Cl. The Morgan fingerprint density at radius 1 is 1.12 bits per heavy atom. The van der Waals surface area contributed by atoms with Crippen molar-refractivity contribution >= 4 is 18.4 Å². The molecule has 1 aliphatic carbocycles. The highest BCUT2D eigenvalue weighted by Crippen LogP contribution is 2.40. The van der Waals surface area contributed by atoms with Crippen LogP contribution in [-0.4, -0.2) is 42.2 Å². The Kier molecular flexibility index (Phi) is 7.29. The first-order chi connectivity index (χ1) is 11.6. The summed E-state index contributed by atoms with van der Waals surface area (Å²) in [5.41, 5.74) is -0.844. The molecule has 0 spiro atoms. The van der Waals surface area contributed by atoms with Gasteiger partial charge in [0.2, 0.25) is 0 Å². The van der Waals surface area contributed by atoms with Gasteiger partial charge in [-0.3, -0.25) is 0 Å². The normalized spacial score (nSPS) is 24.8. The molecule has 1 unspecified atom stereocenters. The fourth-order valence-electron chi connectivity index (χ4n) is 4.19. The van der Waals surface area contributed by atoms with Crippen molar-refractivity contribution in [2.24, 2.45) is 5.92 Å². The van der Waals surface area contributed by atoms with Crippen molar-refractivity contribution < 1.29 is 14.6 Å². The van der Waals surface area contributed by atoms with Gasteiger partial charge in [0.15, 0.2) is 5.60 Å². The summed E-state index contributed by atoms with van der Waals surface area (Å²) in [6.45, 7) is 1.79. The van der Waals surface area contributed by atoms with E-state index in [1.165, 1.54) is 6.42 Å².